The van der Waals surface area contributed by atoms with Crippen LogP contribution in [0.1, 0.15) is 36.9 Å². The van der Waals surface area contributed by atoms with Crippen LogP contribution in [0.2, 0.25) is 0 Å². The zero-order chi connectivity index (χ0) is 26.6. The molecular weight excluding hydrogens is 478 g/mol. The molecule has 0 saturated heterocycles. The molecule has 0 aliphatic carbocycles. The molecule has 38 heavy (non-hydrogen) atoms. The molecular formula is C30H39N5O3. The van der Waals surface area contributed by atoms with Gasteiger partial charge in [0.2, 0.25) is 0 Å². The maximum absolute atomic E-state index is 12.1. The molecule has 2 aromatic heterocycles. The van der Waals surface area contributed by atoms with Gasteiger partial charge in [-0.1, -0.05) is 36.4 Å². The van der Waals surface area contributed by atoms with Gasteiger partial charge in [-0.3, -0.25) is 0 Å². The van der Waals surface area contributed by atoms with E-state index in [9.17, 15) is 9.90 Å². The van der Waals surface area contributed by atoms with E-state index in [-0.39, 0.29) is 0 Å². The number of aromatic nitrogens is 2. The SMILES string of the molecule is COCCN(CCCCc1ccc2c(n1)NCCC2)CCC(Nc1cc(-c2ccccc2)ccn1)C(=O)O. The minimum atomic E-state index is -0.879. The summed E-state index contributed by atoms with van der Waals surface area (Å²) in [7, 11) is 1.70. The summed E-state index contributed by atoms with van der Waals surface area (Å²) in [6.45, 7) is 3.93. The molecule has 0 amide bonds. The summed E-state index contributed by atoms with van der Waals surface area (Å²) >= 11 is 0. The van der Waals surface area contributed by atoms with Gasteiger partial charge in [0.25, 0.3) is 0 Å². The van der Waals surface area contributed by atoms with Crippen molar-refractivity contribution in [3.63, 3.8) is 0 Å². The second-order valence-corrected chi connectivity index (χ2v) is 9.75. The molecule has 1 atom stereocenters. The lowest BCUT2D eigenvalue weighted by Crippen LogP contribution is -2.36. The molecule has 1 aliphatic heterocycles. The fourth-order valence-corrected chi connectivity index (χ4v) is 4.77. The summed E-state index contributed by atoms with van der Waals surface area (Å²) in [6.07, 6.45) is 7.44. The number of nitrogens with one attached hydrogen (secondary N) is 2. The van der Waals surface area contributed by atoms with Crippen molar-refractivity contribution in [1.29, 1.82) is 0 Å². The monoisotopic (exact) mass is 517 g/mol. The number of pyridine rings is 2. The van der Waals surface area contributed by atoms with Gasteiger partial charge in [0, 0.05) is 38.6 Å². The molecule has 0 fully saturated rings. The molecule has 202 valence electrons. The van der Waals surface area contributed by atoms with Crippen LogP contribution in [0.5, 0.6) is 0 Å². The number of carboxylic acids is 1. The van der Waals surface area contributed by atoms with E-state index in [2.05, 4.69) is 32.7 Å². The Hall–Kier alpha value is -3.49. The fourth-order valence-electron chi connectivity index (χ4n) is 4.77. The number of ether oxygens (including phenoxy) is 1. The largest absolute Gasteiger partial charge is 0.480 e. The van der Waals surface area contributed by atoms with Crippen molar-refractivity contribution < 1.29 is 14.6 Å². The van der Waals surface area contributed by atoms with Crippen molar-refractivity contribution >= 4 is 17.6 Å². The van der Waals surface area contributed by atoms with Crippen LogP contribution < -0.4 is 10.6 Å². The lowest BCUT2D eigenvalue weighted by atomic mass is 10.1. The molecule has 0 radical (unpaired) electrons. The average molecular weight is 518 g/mol. The van der Waals surface area contributed by atoms with Crippen LogP contribution >= 0.6 is 0 Å². The Kier molecular flexibility index (Phi) is 10.5. The van der Waals surface area contributed by atoms with Gasteiger partial charge in [-0.2, -0.15) is 0 Å². The summed E-state index contributed by atoms with van der Waals surface area (Å²) in [5.74, 6) is 0.733. The van der Waals surface area contributed by atoms with E-state index in [1.165, 1.54) is 12.0 Å². The molecule has 0 spiro atoms. The second-order valence-electron chi connectivity index (χ2n) is 9.75. The van der Waals surface area contributed by atoms with Crippen molar-refractivity contribution in [2.24, 2.45) is 0 Å². The van der Waals surface area contributed by atoms with Crippen molar-refractivity contribution in [3.05, 3.63) is 72.1 Å². The van der Waals surface area contributed by atoms with Gasteiger partial charge < -0.3 is 25.4 Å². The molecule has 0 bridgehead atoms. The standard InChI is InChI=1S/C30H39N5O3/c1-38-21-20-35(18-6-5-11-26-13-12-24-10-7-16-32-29(24)33-26)19-15-27(30(36)37)34-28-22-25(14-17-31-28)23-8-3-2-4-9-23/h2-4,8-9,12-14,17,22,27H,5-7,10-11,15-16,18-21H2,1H3,(H,31,34)(H,32,33)(H,36,37). The number of hydrogen-bond acceptors (Lipinski definition) is 7. The minimum absolute atomic E-state index is 0.467. The molecule has 1 aromatic carbocycles. The third kappa shape index (κ3) is 8.26. The van der Waals surface area contributed by atoms with E-state index >= 15 is 0 Å². The van der Waals surface area contributed by atoms with E-state index in [0.29, 0.717) is 25.4 Å². The lowest BCUT2D eigenvalue weighted by Gasteiger charge is -2.24. The first kappa shape index (κ1) is 27.5. The van der Waals surface area contributed by atoms with Crippen LogP contribution in [0.3, 0.4) is 0 Å². The number of carboxylic acid groups (broad SMARTS) is 1. The maximum Gasteiger partial charge on any atom is 0.326 e. The van der Waals surface area contributed by atoms with Gasteiger partial charge in [0.15, 0.2) is 0 Å². The molecule has 8 heteroatoms. The Balaban J connectivity index is 1.28. The number of carbonyl (C=O) groups is 1. The number of unbranched alkanes of at least 4 members (excludes halogenated alkanes) is 1. The molecule has 3 N–H and O–H groups in total. The first-order chi connectivity index (χ1) is 18.6. The van der Waals surface area contributed by atoms with E-state index < -0.39 is 12.0 Å². The molecule has 0 saturated carbocycles. The highest BCUT2D eigenvalue weighted by atomic mass is 16.5. The molecule has 8 nitrogen and oxygen atoms in total. The summed E-state index contributed by atoms with van der Waals surface area (Å²) in [4.78, 5) is 23.5. The van der Waals surface area contributed by atoms with E-state index in [4.69, 9.17) is 9.72 Å². The topological polar surface area (TPSA) is 99.6 Å². The highest BCUT2D eigenvalue weighted by Crippen LogP contribution is 2.22. The van der Waals surface area contributed by atoms with E-state index in [1.54, 1.807) is 13.3 Å². The first-order valence-corrected chi connectivity index (χ1v) is 13.6. The number of hydrogen-bond donors (Lipinski definition) is 3. The van der Waals surface area contributed by atoms with Crippen molar-refractivity contribution in [3.8, 4) is 11.1 Å². The Bertz CT molecular complexity index is 1160. The Morgan fingerprint density at radius 1 is 1.11 bits per heavy atom. The number of fused-ring (bicyclic) bond motifs is 1. The summed E-state index contributed by atoms with van der Waals surface area (Å²) in [6, 6.07) is 17.5. The van der Waals surface area contributed by atoms with E-state index in [0.717, 1.165) is 68.0 Å². The van der Waals surface area contributed by atoms with Gasteiger partial charge in [-0.05, 0) is 80.0 Å². The number of benzene rings is 1. The number of nitrogens with zero attached hydrogens (tertiary/aromatic N) is 3. The average Bonchev–Trinajstić information content (AvgIpc) is 2.96. The number of aliphatic carboxylic acids is 1. The predicted octanol–water partition coefficient (Wildman–Crippen LogP) is 4.73. The molecule has 1 aliphatic rings. The predicted molar refractivity (Wildman–Crippen MR) is 152 cm³/mol. The molecule has 3 aromatic rings. The number of aryl methyl sites for hydroxylation is 2. The minimum Gasteiger partial charge on any atom is -0.480 e. The van der Waals surface area contributed by atoms with Crippen LogP contribution in [0, 0.1) is 0 Å². The Labute approximate surface area is 225 Å². The van der Waals surface area contributed by atoms with Gasteiger partial charge in [0.1, 0.15) is 17.7 Å². The quantitative estimate of drug-likeness (QED) is 0.249. The van der Waals surface area contributed by atoms with E-state index in [1.807, 2.05) is 42.5 Å². The third-order valence-electron chi connectivity index (χ3n) is 6.94. The van der Waals surface area contributed by atoms with Crippen molar-refractivity contribution in [2.45, 2.75) is 44.6 Å². The number of rotatable bonds is 15. The number of methoxy groups -OCH3 is 1. The van der Waals surface area contributed by atoms with Gasteiger partial charge in [-0.25, -0.2) is 14.8 Å². The second kappa shape index (κ2) is 14.4. The molecule has 4 rings (SSSR count). The van der Waals surface area contributed by atoms with Gasteiger partial charge >= 0.3 is 5.97 Å². The van der Waals surface area contributed by atoms with Crippen LogP contribution in [0.25, 0.3) is 11.1 Å². The summed E-state index contributed by atoms with van der Waals surface area (Å²) in [5.41, 5.74) is 4.51. The lowest BCUT2D eigenvalue weighted by molar-refractivity contribution is -0.138. The van der Waals surface area contributed by atoms with Gasteiger partial charge in [-0.15, -0.1) is 0 Å². The zero-order valence-electron chi connectivity index (χ0n) is 22.2. The maximum atomic E-state index is 12.1. The van der Waals surface area contributed by atoms with Crippen LogP contribution in [-0.2, 0) is 22.4 Å². The van der Waals surface area contributed by atoms with Crippen LogP contribution in [0.15, 0.2) is 60.8 Å². The van der Waals surface area contributed by atoms with Crippen LogP contribution in [-0.4, -0.2) is 71.9 Å². The summed E-state index contributed by atoms with van der Waals surface area (Å²) in [5, 5.41) is 16.4. The Morgan fingerprint density at radius 3 is 2.79 bits per heavy atom. The molecule has 3 heterocycles. The van der Waals surface area contributed by atoms with Crippen molar-refractivity contribution in [1.82, 2.24) is 14.9 Å². The first-order valence-electron chi connectivity index (χ1n) is 13.6. The third-order valence-corrected chi connectivity index (χ3v) is 6.94. The Morgan fingerprint density at radius 2 is 1.97 bits per heavy atom. The van der Waals surface area contributed by atoms with Gasteiger partial charge in [0.05, 0.1) is 6.61 Å². The van der Waals surface area contributed by atoms with Crippen molar-refractivity contribution in [2.75, 3.05) is 50.5 Å². The highest BCUT2D eigenvalue weighted by Gasteiger charge is 2.19. The van der Waals surface area contributed by atoms with Crippen LogP contribution in [0.4, 0.5) is 11.6 Å². The highest BCUT2D eigenvalue weighted by molar-refractivity contribution is 5.77. The summed E-state index contributed by atoms with van der Waals surface area (Å²) < 4.78 is 5.31. The zero-order valence-corrected chi connectivity index (χ0v) is 22.2. The molecule has 1 unspecified atom stereocenters. The number of anilines is 2. The normalized spacial score (nSPS) is 13.5. The smallest absolute Gasteiger partial charge is 0.326 e. The fraction of sp³-hybridized carbons (Fsp3) is 0.433.